The number of hydrogen-bond donors (Lipinski definition) is 0. The van der Waals surface area contributed by atoms with Crippen LogP contribution in [-0.2, 0) is 0 Å². The largest absolute Gasteiger partial charge is 0.673 e. The molecule has 2 rings (SSSR count). The highest BCUT2D eigenvalue weighted by atomic mass is 127. The van der Waals surface area contributed by atoms with Crippen LogP contribution in [0, 0.1) is 24.3 Å². The van der Waals surface area contributed by atoms with E-state index >= 15 is 0 Å². The number of aryl methyl sites for hydroxylation is 3. The molecule has 0 bridgehead atoms. The molecule has 0 saturated heterocycles. The van der Waals surface area contributed by atoms with Crippen LogP contribution in [-0.4, -0.2) is 7.25 Å². The molecule has 0 N–H and O–H groups in total. The topological polar surface area (TPSA) is 0 Å². The fraction of sp³-hybridized carbons (Fsp3) is 0.176. The summed E-state index contributed by atoms with van der Waals surface area (Å²) in [5.74, 6) is 0. The van der Waals surface area contributed by atoms with E-state index in [9.17, 15) is 17.3 Å². The van der Waals surface area contributed by atoms with Crippen LogP contribution in [0.1, 0.15) is 22.3 Å². The second-order valence-corrected chi connectivity index (χ2v) is 7.44. The molecule has 0 aliphatic carbocycles. The van der Waals surface area contributed by atoms with Gasteiger partial charge in [0.2, 0.25) is 0 Å². The molecule has 0 aliphatic heterocycles. The first-order valence-corrected chi connectivity index (χ1v) is 9.29. The van der Waals surface area contributed by atoms with Gasteiger partial charge in [-0.05, 0) is 32.4 Å². The smallest absolute Gasteiger partial charge is 0.418 e. The summed E-state index contributed by atoms with van der Waals surface area (Å²) in [6.07, 6.45) is 2.24. The van der Waals surface area contributed by atoms with Gasteiger partial charge < -0.3 is 17.3 Å². The summed E-state index contributed by atoms with van der Waals surface area (Å²) in [7, 11) is -6.00. The highest BCUT2D eigenvalue weighted by Crippen LogP contribution is 2.07. The monoisotopic (exact) mass is 436 g/mol. The van der Waals surface area contributed by atoms with Crippen molar-refractivity contribution in [1.29, 1.82) is 0 Å². The first-order chi connectivity index (χ1) is 10.7. The summed E-state index contributed by atoms with van der Waals surface area (Å²) in [6, 6.07) is 15.1. The average Bonchev–Trinajstić information content (AvgIpc) is 2.41. The minimum absolute atomic E-state index is 0.0358. The Hall–Kier alpha value is -1.31. The summed E-state index contributed by atoms with van der Waals surface area (Å²) >= 11 is -0.0358. The van der Waals surface area contributed by atoms with Crippen LogP contribution in [0.15, 0.2) is 46.5 Å². The van der Waals surface area contributed by atoms with Crippen molar-refractivity contribution in [3.8, 4) is 0 Å². The van der Waals surface area contributed by atoms with Gasteiger partial charge in [0.1, 0.15) is 0 Å². The molecule has 0 nitrogen and oxygen atoms in total. The highest BCUT2D eigenvalue weighted by molar-refractivity contribution is 6.50. The van der Waals surface area contributed by atoms with Gasteiger partial charge in [0.05, 0.1) is 0 Å². The fourth-order valence-corrected chi connectivity index (χ4v) is 4.31. The zero-order valence-electron chi connectivity index (χ0n) is 13.2. The lowest BCUT2D eigenvalue weighted by molar-refractivity contribution is -0.557. The van der Waals surface area contributed by atoms with Crippen molar-refractivity contribution >= 4 is 13.3 Å². The molecule has 0 unspecified atom stereocenters. The summed E-state index contributed by atoms with van der Waals surface area (Å²) < 4.78 is 42.9. The van der Waals surface area contributed by atoms with Crippen molar-refractivity contribution in [2.24, 2.45) is 0 Å². The van der Waals surface area contributed by atoms with E-state index in [1.54, 1.807) is 3.57 Å². The van der Waals surface area contributed by atoms with E-state index in [-0.39, 0.29) is 21.2 Å². The molecule has 0 heterocycles. The SMILES string of the molecule is Cc1cc(C)c([I+]/C=C/c2ccccc2)c(C)c1.F[B-](F)(F)F. The molecule has 0 amide bonds. The Bertz CT molecular complexity index is 622. The Morgan fingerprint density at radius 2 is 1.35 bits per heavy atom. The third kappa shape index (κ3) is 8.78. The molecule has 23 heavy (non-hydrogen) atoms. The second kappa shape index (κ2) is 9.10. The van der Waals surface area contributed by atoms with Crippen molar-refractivity contribution in [2.45, 2.75) is 20.8 Å². The summed E-state index contributed by atoms with van der Waals surface area (Å²) in [4.78, 5) is 0. The Balaban J connectivity index is 0.000000463. The first-order valence-electron chi connectivity index (χ1n) is 6.97. The van der Waals surface area contributed by atoms with Gasteiger partial charge in [-0.2, -0.15) is 0 Å². The molecule has 124 valence electrons. The van der Waals surface area contributed by atoms with Gasteiger partial charge in [0.15, 0.2) is 7.65 Å². The van der Waals surface area contributed by atoms with Crippen LogP contribution >= 0.6 is 0 Å². The maximum absolute atomic E-state index is 9.75. The number of benzene rings is 2. The predicted octanol–water partition coefficient (Wildman–Crippen LogP) is 2.84. The quantitative estimate of drug-likeness (QED) is 0.395. The third-order valence-corrected chi connectivity index (χ3v) is 5.85. The zero-order valence-corrected chi connectivity index (χ0v) is 15.3. The van der Waals surface area contributed by atoms with Crippen molar-refractivity contribution in [1.82, 2.24) is 0 Å². The van der Waals surface area contributed by atoms with Gasteiger partial charge in [-0.15, -0.1) is 0 Å². The Labute approximate surface area is 145 Å². The Morgan fingerprint density at radius 1 is 0.870 bits per heavy atom. The van der Waals surface area contributed by atoms with E-state index in [2.05, 4.69) is 73.4 Å². The molecular weight excluding hydrogens is 418 g/mol. The molecule has 2 aromatic rings. The van der Waals surface area contributed by atoms with E-state index in [1.165, 1.54) is 22.3 Å². The van der Waals surface area contributed by atoms with Crippen molar-refractivity contribution in [3.63, 3.8) is 0 Å². The molecule has 0 spiro atoms. The lowest BCUT2D eigenvalue weighted by Gasteiger charge is -1.99. The normalized spacial score (nSPS) is 11.3. The lowest BCUT2D eigenvalue weighted by Crippen LogP contribution is -3.59. The van der Waals surface area contributed by atoms with Crippen LogP contribution in [0.5, 0.6) is 0 Å². The van der Waals surface area contributed by atoms with Crippen molar-refractivity contribution in [2.75, 3.05) is 0 Å². The van der Waals surface area contributed by atoms with E-state index in [1.807, 2.05) is 0 Å². The first kappa shape index (κ1) is 19.7. The van der Waals surface area contributed by atoms with Gasteiger partial charge in [-0.1, -0.05) is 48.0 Å². The van der Waals surface area contributed by atoms with Crippen molar-refractivity contribution in [3.05, 3.63) is 72.4 Å². The number of rotatable bonds is 3. The van der Waals surface area contributed by atoms with Gasteiger partial charge in [-0.3, -0.25) is 0 Å². The number of hydrogen-bond acceptors (Lipinski definition) is 0. The van der Waals surface area contributed by atoms with Gasteiger partial charge in [-0.25, -0.2) is 0 Å². The molecule has 2 aromatic carbocycles. The van der Waals surface area contributed by atoms with Crippen LogP contribution in [0.4, 0.5) is 17.3 Å². The fourth-order valence-electron chi connectivity index (χ4n) is 2.07. The minimum atomic E-state index is -6.00. The maximum atomic E-state index is 9.75. The van der Waals surface area contributed by atoms with Crippen LogP contribution < -0.4 is 21.2 Å². The molecule has 0 fully saturated rings. The maximum Gasteiger partial charge on any atom is 0.673 e. The van der Waals surface area contributed by atoms with Crippen LogP contribution in [0.25, 0.3) is 6.08 Å². The molecule has 0 saturated carbocycles. The van der Waals surface area contributed by atoms with Gasteiger partial charge >= 0.3 is 28.5 Å². The standard InChI is InChI=1S/C17H18I.BF4/c1-13-11-14(2)17(15(3)12-13)18-10-9-16-7-5-4-6-8-16;2-1(3,4)5/h4-12H,1-3H3;/q+1;-1/b10-9+;. The lowest BCUT2D eigenvalue weighted by atomic mass is 10.1. The minimum Gasteiger partial charge on any atom is -0.418 e. The van der Waals surface area contributed by atoms with E-state index in [0.717, 1.165) is 0 Å². The number of halogens is 5. The molecule has 0 radical (unpaired) electrons. The second-order valence-electron chi connectivity index (χ2n) is 5.02. The molecule has 0 aromatic heterocycles. The molecular formula is C17H18BF4I. The average molecular weight is 436 g/mol. The summed E-state index contributed by atoms with van der Waals surface area (Å²) in [5.41, 5.74) is 5.54. The highest BCUT2D eigenvalue weighted by Gasteiger charge is 2.20. The van der Waals surface area contributed by atoms with Gasteiger partial charge in [0.25, 0.3) is 0 Å². The van der Waals surface area contributed by atoms with Gasteiger partial charge in [0, 0.05) is 11.1 Å². The Morgan fingerprint density at radius 3 is 1.83 bits per heavy atom. The van der Waals surface area contributed by atoms with E-state index in [4.69, 9.17) is 0 Å². The molecule has 0 aliphatic rings. The molecule has 6 heteroatoms. The van der Waals surface area contributed by atoms with Crippen molar-refractivity contribution < 1.29 is 38.5 Å². The molecule has 0 atom stereocenters. The zero-order chi connectivity index (χ0) is 17.5. The van der Waals surface area contributed by atoms with E-state index in [0.29, 0.717) is 0 Å². The Kier molecular flexibility index (Phi) is 7.81. The summed E-state index contributed by atoms with van der Waals surface area (Å²) in [6.45, 7) is 6.62. The predicted molar refractivity (Wildman–Crippen MR) is 85.0 cm³/mol. The van der Waals surface area contributed by atoms with Crippen LogP contribution in [0.3, 0.4) is 0 Å². The van der Waals surface area contributed by atoms with Crippen LogP contribution in [0.2, 0.25) is 0 Å². The van der Waals surface area contributed by atoms with E-state index < -0.39 is 7.25 Å². The third-order valence-electron chi connectivity index (χ3n) is 2.81. The summed E-state index contributed by atoms with van der Waals surface area (Å²) in [5, 5.41) is 0.